The van der Waals surface area contributed by atoms with Crippen LogP contribution in [0.4, 0.5) is 5.69 Å². The van der Waals surface area contributed by atoms with E-state index >= 15 is 0 Å². The van der Waals surface area contributed by atoms with E-state index in [0.717, 1.165) is 5.56 Å². The molecule has 178 valence electrons. The van der Waals surface area contributed by atoms with Gasteiger partial charge in [-0.1, -0.05) is 48.5 Å². The minimum Gasteiger partial charge on any atom is -0.465 e. The summed E-state index contributed by atoms with van der Waals surface area (Å²) in [5, 5.41) is 11.0. The normalized spacial score (nSPS) is 13.5. The third-order valence-electron chi connectivity index (χ3n) is 4.90. The maximum atomic E-state index is 14.2. The number of benzene rings is 3. The lowest BCUT2D eigenvalue weighted by Crippen LogP contribution is -2.41. The average Bonchev–Trinajstić information content (AvgIpc) is 2.84. The van der Waals surface area contributed by atoms with E-state index in [0.29, 0.717) is 0 Å². The number of esters is 1. The molecule has 0 amide bonds. The third kappa shape index (κ3) is 6.43. The zero-order chi connectivity index (χ0) is 24.6. The number of hydrogen-bond acceptors (Lipinski definition) is 7. The van der Waals surface area contributed by atoms with Crippen molar-refractivity contribution in [1.29, 1.82) is 0 Å². The number of hydrogen-bond donors (Lipinski definition) is 0. The molecule has 0 fully saturated rings. The van der Waals surface area contributed by atoms with E-state index in [1.54, 1.807) is 37.3 Å². The highest BCUT2D eigenvalue weighted by Crippen LogP contribution is 2.52. The fourth-order valence-electron chi connectivity index (χ4n) is 3.14. The fraction of sp³-hybridized carbons (Fsp3) is 0.208. The first-order valence-corrected chi connectivity index (χ1v) is 12.0. The third-order valence-corrected chi connectivity index (χ3v) is 6.83. The van der Waals surface area contributed by atoms with Crippen molar-refractivity contribution in [2.45, 2.75) is 19.4 Å². The zero-order valence-corrected chi connectivity index (χ0v) is 19.7. The Kier molecular flexibility index (Phi) is 8.40. The van der Waals surface area contributed by atoms with Gasteiger partial charge in [-0.2, -0.15) is 4.67 Å². The van der Waals surface area contributed by atoms with Crippen molar-refractivity contribution in [2.24, 2.45) is 0 Å². The number of para-hydroxylation sites is 1. The average molecular weight is 484 g/mol. The molecule has 1 unspecified atom stereocenters. The molecule has 0 heterocycles. The van der Waals surface area contributed by atoms with Gasteiger partial charge >= 0.3 is 13.7 Å². The Morgan fingerprint density at radius 2 is 1.47 bits per heavy atom. The van der Waals surface area contributed by atoms with Gasteiger partial charge in [0.1, 0.15) is 17.5 Å². The van der Waals surface area contributed by atoms with Crippen LogP contribution in [-0.4, -0.2) is 35.3 Å². The van der Waals surface area contributed by atoms with Crippen LogP contribution >= 0.6 is 7.75 Å². The van der Waals surface area contributed by atoms with Gasteiger partial charge in [-0.25, -0.2) is 4.57 Å². The zero-order valence-electron chi connectivity index (χ0n) is 18.8. The largest absolute Gasteiger partial charge is 0.516 e. The van der Waals surface area contributed by atoms with Crippen molar-refractivity contribution in [3.63, 3.8) is 0 Å². The van der Waals surface area contributed by atoms with E-state index in [4.69, 9.17) is 13.8 Å². The quantitative estimate of drug-likeness (QED) is 0.157. The predicted octanol–water partition coefficient (Wildman–Crippen LogP) is 5.27. The first kappa shape index (κ1) is 25.0. The smallest absolute Gasteiger partial charge is 0.465 e. The standard InChI is InChI=1S/C24H25N2O7P/c1-3-31-24(27)23(18-19-10-6-4-7-11-19)25(2)34(30,32-21-12-8-5-9-13-21)33-22-16-14-20(15-17-22)26(28)29/h4-17,23H,3,18H2,1-2H3/t23-,34?/m0/s1. The molecule has 0 saturated carbocycles. The van der Waals surface area contributed by atoms with Gasteiger partial charge < -0.3 is 13.8 Å². The van der Waals surface area contributed by atoms with E-state index < -0.39 is 24.7 Å². The van der Waals surface area contributed by atoms with Gasteiger partial charge in [-0.05, 0) is 43.2 Å². The Bertz CT molecular complexity index is 1140. The molecule has 34 heavy (non-hydrogen) atoms. The maximum Gasteiger partial charge on any atom is 0.516 e. The van der Waals surface area contributed by atoms with Crippen molar-refractivity contribution in [1.82, 2.24) is 4.67 Å². The molecule has 3 aromatic carbocycles. The van der Waals surface area contributed by atoms with E-state index in [1.165, 1.54) is 36.0 Å². The van der Waals surface area contributed by atoms with Crippen molar-refractivity contribution < 1.29 is 28.1 Å². The highest BCUT2D eigenvalue weighted by molar-refractivity contribution is 7.52. The van der Waals surface area contributed by atoms with E-state index in [-0.39, 0.29) is 30.2 Å². The first-order chi connectivity index (χ1) is 16.3. The van der Waals surface area contributed by atoms with Gasteiger partial charge in [0.25, 0.3) is 5.69 Å². The summed E-state index contributed by atoms with van der Waals surface area (Å²) >= 11 is 0. The Morgan fingerprint density at radius 1 is 0.941 bits per heavy atom. The molecule has 3 aromatic rings. The molecule has 3 rings (SSSR count). The highest BCUT2D eigenvalue weighted by Gasteiger charge is 2.43. The second-order valence-corrected chi connectivity index (χ2v) is 9.18. The van der Waals surface area contributed by atoms with Gasteiger partial charge in [0.05, 0.1) is 11.5 Å². The molecule has 0 N–H and O–H groups in total. The fourth-order valence-corrected chi connectivity index (χ4v) is 4.73. The SMILES string of the molecule is CCOC(=O)[C@H](Cc1ccccc1)N(C)P(=O)(Oc1ccccc1)Oc1ccc([N+](=O)[O-])cc1. The molecule has 10 heteroatoms. The second-order valence-electron chi connectivity index (χ2n) is 7.25. The van der Waals surface area contributed by atoms with Gasteiger partial charge in [0.15, 0.2) is 0 Å². The van der Waals surface area contributed by atoms with Crippen molar-refractivity contribution >= 4 is 19.4 Å². The first-order valence-electron chi connectivity index (χ1n) is 10.5. The predicted molar refractivity (Wildman–Crippen MR) is 127 cm³/mol. The van der Waals surface area contributed by atoms with Crippen LogP contribution < -0.4 is 9.05 Å². The van der Waals surface area contributed by atoms with Crippen molar-refractivity contribution in [2.75, 3.05) is 13.7 Å². The van der Waals surface area contributed by atoms with Gasteiger partial charge in [0, 0.05) is 19.2 Å². The summed E-state index contributed by atoms with van der Waals surface area (Å²) in [5.41, 5.74) is 0.682. The van der Waals surface area contributed by atoms with Gasteiger partial charge in [0.2, 0.25) is 0 Å². The molecule has 2 atom stereocenters. The molecule has 0 spiro atoms. The van der Waals surface area contributed by atoms with Crippen LogP contribution in [0.15, 0.2) is 84.9 Å². The summed E-state index contributed by atoms with van der Waals surface area (Å²) < 4.78 is 32.2. The number of ether oxygens (including phenoxy) is 1. The van der Waals surface area contributed by atoms with Crippen LogP contribution in [0.3, 0.4) is 0 Å². The minimum atomic E-state index is -4.20. The summed E-state index contributed by atoms with van der Waals surface area (Å²) in [6, 6.07) is 21.7. The summed E-state index contributed by atoms with van der Waals surface area (Å²) in [5.74, 6) is -0.237. The van der Waals surface area contributed by atoms with Crippen LogP contribution in [0, 0.1) is 10.1 Å². The van der Waals surface area contributed by atoms with Crippen LogP contribution in [0.5, 0.6) is 11.5 Å². The number of rotatable bonds is 11. The number of non-ortho nitro benzene ring substituents is 1. The lowest BCUT2D eigenvalue weighted by atomic mass is 10.1. The van der Waals surface area contributed by atoms with Crippen molar-refractivity contribution in [3.8, 4) is 11.5 Å². The summed E-state index contributed by atoms with van der Waals surface area (Å²) in [6.45, 7) is 1.83. The Hall–Kier alpha value is -3.68. The molecule has 9 nitrogen and oxygen atoms in total. The lowest BCUT2D eigenvalue weighted by molar-refractivity contribution is -0.384. The molecule has 0 radical (unpaired) electrons. The topological polar surface area (TPSA) is 108 Å². The molecule has 0 bridgehead atoms. The molecule has 0 aromatic heterocycles. The summed E-state index contributed by atoms with van der Waals surface area (Å²) in [6.07, 6.45) is 0.196. The highest BCUT2D eigenvalue weighted by atomic mass is 31.2. The number of nitro benzene ring substituents is 1. The van der Waals surface area contributed by atoms with Crippen LogP contribution in [-0.2, 0) is 20.5 Å². The second kappa shape index (κ2) is 11.4. The molecular weight excluding hydrogens is 459 g/mol. The lowest BCUT2D eigenvalue weighted by Gasteiger charge is -2.32. The molecule has 0 saturated heterocycles. The van der Waals surface area contributed by atoms with E-state index in [1.807, 2.05) is 30.3 Å². The minimum absolute atomic E-state index is 0.0824. The van der Waals surface area contributed by atoms with Crippen LogP contribution in [0.1, 0.15) is 12.5 Å². The van der Waals surface area contributed by atoms with E-state index in [2.05, 4.69) is 0 Å². The van der Waals surface area contributed by atoms with Gasteiger partial charge in [-0.15, -0.1) is 0 Å². The monoisotopic (exact) mass is 484 g/mol. The molecule has 0 aliphatic heterocycles. The van der Waals surface area contributed by atoms with Crippen LogP contribution in [0.2, 0.25) is 0 Å². The van der Waals surface area contributed by atoms with Gasteiger partial charge in [-0.3, -0.25) is 14.9 Å². The van der Waals surface area contributed by atoms with Crippen LogP contribution in [0.25, 0.3) is 0 Å². The number of carbonyl (C=O) groups is 1. The molecule has 0 aliphatic rings. The van der Waals surface area contributed by atoms with E-state index in [9.17, 15) is 19.5 Å². The number of likely N-dealkylation sites (N-methyl/N-ethyl adjacent to an activating group) is 1. The molecular formula is C24H25N2O7P. The summed E-state index contributed by atoms with van der Waals surface area (Å²) in [4.78, 5) is 23.3. The Labute approximate surface area is 197 Å². The Morgan fingerprint density at radius 3 is 2.00 bits per heavy atom. The maximum absolute atomic E-state index is 14.2. The molecule has 0 aliphatic carbocycles. The van der Waals surface area contributed by atoms with Crippen molar-refractivity contribution in [3.05, 3.63) is 101 Å². The Balaban J connectivity index is 1.98. The number of nitro groups is 1. The number of nitrogens with zero attached hydrogens (tertiary/aromatic N) is 2. The number of carbonyl (C=O) groups excluding carboxylic acids is 1. The summed E-state index contributed by atoms with van der Waals surface area (Å²) in [7, 11) is -2.74.